The predicted octanol–water partition coefficient (Wildman–Crippen LogP) is 3.13. The first-order chi connectivity index (χ1) is 8.85. The van der Waals surface area contributed by atoms with Crippen LogP contribution in [0.4, 0.5) is 0 Å². The summed E-state index contributed by atoms with van der Waals surface area (Å²) in [5.74, 6) is 0.878. The molecule has 0 radical (unpaired) electrons. The molecule has 0 aliphatic heterocycles. The smallest absolute Gasteiger partial charge is 0.129 e. The van der Waals surface area contributed by atoms with E-state index in [4.69, 9.17) is 9.84 Å². The molecule has 1 N–H and O–H groups in total. The number of nitrogens with zero attached hydrogens (tertiary/aromatic N) is 1. The molecule has 0 atom stereocenters. The maximum Gasteiger partial charge on any atom is 0.129 e. The van der Waals surface area contributed by atoms with Crippen LogP contribution in [0.3, 0.4) is 0 Å². The van der Waals surface area contributed by atoms with Gasteiger partial charge in [-0.2, -0.15) is 0 Å². The SMILES string of the molecule is CCOc1ccccc1-c1nc(CCCO)cs1. The quantitative estimate of drug-likeness (QED) is 0.870. The Morgan fingerprint density at radius 2 is 2.17 bits per heavy atom. The van der Waals surface area contributed by atoms with Crippen LogP contribution in [0, 0.1) is 0 Å². The van der Waals surface area contributed by atoms with Crippen LogP contribution in [0.2, 0.25) is 0 Å². The Bertz CT molecular complexity index is 496. The number of thiazole rings is 1. The Hall–Kier alpha value is -1.39. The van der Waals surface area contributed by atoms with Gasteiger partial charge in [-0.05, 0) is 31.9 Å². The third kappa shape index (κ3) is 3.09. The summed E-state index contributed by atoms with van der Waals surface area (Å²) >= 11 is 1.62. The Morgan fingerprint density at radius 1 is 1.33 bits per heavy atom. The van der Waals surface area contributed by atoms with Crippen molar-refractivity contribution in [1.29, 1.82) is 0 Å². The van der Waals surface area contributed by atoms with Crippen molar-refractivity contribution in [2.75, 3.05) is 13.2 Å². The van der Waals surface area contributed by atoms with Gasteiger partial charge in [0.2, 0.25) is 0 Å². The highest BCUT2D eigenvalue weighted by molar-refractivity contribution is 7.13. The average Bonchev–Trinajstić information content (AvgIpc) is 2.86. The van der Waals surface area contributed by atoms with Crippen molar-refractivity contribution in [2.24, 2.45) is 0 Å². The van der Waals surface area contributed by atoms with E-state index in [1.54, 1.807) is 11.3 Å². The molecule has 2 aromatic rings. The lowest BCUT2D eigenvalue weighted by atomic mass is 10.2. The molecule has 1 heterocycles. The third-order valence-electron chi connectivity index (χ3n) is 2.56. The minimum Gasteiger partial charge on any atom is -0.493 e. The van der Waals surface area contributed by atoms with Crippen LogP contribution in [-0.4, -0.2) is 23.3 Å². The van der Waals surface area contributed by atoms with Crippen molar-refractivity contribution >= 4 is 11.3 Å². The normalized spacial score (nSPS) is 10.6. The fraction of sp³-hybridized carbons (Fsp3) is 0.357. The summed E-state index contributed by atoms with van der Waals surface area (Å²) in [6, 6.07) is 7.95. The summed E-state index contributed by atoms with van der Waals surface area (Å²) in [7, 11) is 0. The number of hydrogen-bond donors (Lipinski definition) is 1. The summed E-state index contributed by atoms with van der Waals surface area (Å²) in [4.78, 5) is 4.59. The molecule has 0 bridgehead atoms. The largest absolute Gasteiger partial charge is 0.493 e. The van der Waals surface area contributed by atoms with Gasteiger partial charge in [0.05, 0.1) is 17.9 Å². The highest BCUT2D eigenvalue weighted by atomic mass is 32.1. The second-order valence-corrected chi connectivity index (χ2v) is 4.76. The lowest BCUT2D eigenvalue weighted by molar-refractivity contribution is 0.288. The predicted molar refractivity (Wildman–Crippen MR) is 74.1 cm³/mol. The fourth-order valence-electron chi connectivity index (χ4n) is 1.73. The van der Waals surface area contributed by atoms with Crippen molar-refractivity contribution < 1.29 is 9.84 Å². The van der Waals surface area contributed by atoms with Crippen molar-refractivity contribution in [3.05, 3.63) is 35.3 Å². The van der Waals surface area contributed by atoms with Crippen LogP contribution in [0.15, 0.2) is 29.6 Å². The van der Waals surface area contributed by atoms with Crippen molar-refractivity contribution in [3.8, 4) is 16.3 Å². The molecule has 1 aromatic carbocycles. The number of aliphatic hydroxyl groups excluding tert-OH is 1. The van der Waals surface area contributed by atoms with E-state index in [1.165, 1.54) is 0 Å². The summed E-state index contributed by atoms with van der Waals surface area (Å²) in [6.45, 7) is 2.84. The van der Waals surface area contributed by atoms with E-state index in [0.29, 0.717) is 6.61 Å². The zero-order valence-corrected chi connectivity index (χ0v) is 11.2. The second-order valence-electron chi connectivity index (χ2n) is 3.90. The topological polar surface area (TPSA) is 42.4 Å². The molecule has 4 heteroatoms. The molecule has 0 fully saturated rings. The van der Waals surface area contributed by atoms with E-state index < -0.39 is 0 Å². The summed E-state index contributed by atoms with van der Waals surface area (Å²) in [5, 5.41) is 11.8. The lowest BCUT2D eigenvalue weighted by Gasteiger charge is -2.07. The van der Waals surface area contributed by atoms with Gasteiger partial charge in [0.1, 0.15) is 10.8 Å². The summed E-state index contributed by atoms with van der Waals surface area (Å²) in [6.07, 6.45) is 1.58. The molecule has 0 saturated carbocycles. The third-order valence-corrected chi connectivity index (χ3v) is 3.48. The first-order valence-corrected chi connectivity index (χ1v) is 7.00. The minimum atomic E-state index is 0.211. The number of aromatic nitrogens is 1. The molecule has 0 amide bonds. The van der Waals surface area contributed by atoms with E-state index in [2.05, 4.69) is 4.98 Å². The molecule has 1 aromatic heterocycles. The summed E-state index contributed by atoms with van der Waals surface area (Å²) in [5.41, 5.74) is 2.08. The maximum absolute atomic E-state index is 8.82. The molecule has 96 valence electrons. The van der Waals surface area contributed by atoms with Gasteiger partial charge < -0.3 is 9.84 Å². The van der Waals surface area contributed by atoms with Crippen LogP contribution in [0.25, 0.3) is 10.6 Å². The van der Waals surface area contributed by atoms with Crippen LogP contribution in [0.5, 0.6) is 5.75 Å². The van der Waals surface area contributed by atoms with Gasteiger partial charge in [0.15, 0.2) is 0 Å². The maximum atomic E-state index is 8.82. The Morgan fingerprint density at radius 3 is 2.94 bits per heavy atom. The van der Waals surface area contributed by atoms with Crippen LogP contribution < -0.4 is 4.74 Å². The van der Waals surface area contributed by atoms with E-state index in [1.807, 2.05) is 36.6 Å². The monoisotopic (exact) mass is 263 g/mol. The summed E-state index contributed by atoms with van der Waals surface area (Å²) < 4.78 is 5.61. The number of aryl methyl sites for hydroxylation is 1. The highest BCUT2D eigenvalue weighted by Gasteiger charge is 2.09. The fourth-order valence-corrected chi connectivity index (χ4v) is 2.61. The molecular weight excluding hydrogens is 246 g/mol. The van der Waals surface area contributed by atoms with Crippen molar-refractivity contribution in [1.82, 2.24) is 4.98 Å². The van der Waals surface area contributed by atoms with Gasteiger partial charge in [-0.15, -0.1) is 11.3 Å². The Balaban J connectivity index is 2.22. The molecular formula is C14H17NO2S. The molecule has 18 heavy (non-hydrogen) atoms. The molecule has 0 spiro atoms. The van der Waals surface area contributed by atoms with Gasteiger partial charge in [-0.1, -0.05) is 12.1 Å². The standard InChI is InChI=1S/C14H17NO2S/c1-2-17-13-8-4-3-7-12(13)14-15-11(10-18-14)6-5-9-16/h3-4,7-8,10,16H,2,5-6,9H2,1H3. The number of benzene rings is 1. The van der Waals surface area contributed by atoms with Gasteiger partial charge in [-0.3, -0.25) is 0 Å². The molecule has 0 aliphatic rings. The van der Waals surface area contributed by atoms with Crippen molar-refractivity contribution in [2.45, 2.75) is 19.8 Å². The molecule has 2 rings (SSSR count). The van der Waals surface area contributed by atoms with E-state index in [9.17, 15) is 0 Å². The van der Waals surface area contributed by atoms with E-state index in [-0.39, 0.29) is 6.61 Å². The lowest BCUT2D eigenvalue weighted by Crippen LogP contribution is -1.94. The first-order valence-electron chi connectivity index (χ1n) is 6.12. The number of ether oxygens (including phenoxy) is 1. The van der Waals surface area contributed by atoms with Gasteiger partial charge in [-0.25, -0.2) is 4.98 Å². The molecule has 0 saturated heterocycles. The van der Waals surface area contributed by atoms with Gasteiger partial charge in [0.25, 0.3) is 0 Å². The highest BCUT2D eigenvalue weighted by Crippen LogP contribution is 2.32. The van der Waals surface area contributed by atoms with Gasteiger partial charge >= 0.3 is 0 Å². The zero-order chi connectivity index (χ0) is 12.8. The van der Waals surface area contributed by atoms with E-state index in [0.717, 1.165) is 34.9 Å². The molecule has 3 nitrogen and oxygen atoms in total. The number of aliphatic hydroxyl groups is 1. The Kier molecular flexibility index (Phi) is 4.73. The van der Waals surface area contributed by atoms with Crippen molar-refractivity contribution in [3.63, 3.8) is 0 Å². The second kappa shape index (κ2) is 6.52. The number of para-hydroxylation sites is 1. The Labute approximate surface area is 111 Å². The number of rotatable bonds is 6. The van der Waals surface area contributed by atoms with Crippen LogP contribution in [-0.2, 0) is 6.42 Å². The van der Waals surface area contributed by atoms with Crippen LogP contribution in [0.1, 0.15) is 19.0 Å². The van der Waals surface area contributed by atoms with Crippen LogP contribution >= 0.6 is 11.3 Å². The molecule has 0 aliphatic carbocycles. The van der Waals surface area contributed by atoms with E-state index >= 15 is 0 Å². The average molecular weight is 263 g/mol. The minimum absolute atomic E-state index is 0.211. The molecule has 0 unspecified atom stereocenters. The van der Waals surface area contributed by atoms with Gasteiger partial charge in [0, 0.05) is 12.0 Å². The zero-order valence-electron chi connectivity index (χ0n) is 10.4. The number of hydrogen-bond acceptors (Lipinski definition) is 4. The first kappa shape index (κ1) is 13.1.